The normalized spacial score (nSPS) is 10.9. The van der Waals surface area contributed by atoms with Crippen LogP contribution in [0.25, 0.3) is 44.4 Å². The van der Waals surface area contributed by atoms with Gasteiger partial charge in [-0.15, -0.1) is 0 Å². The van der Waals surface area contributed by atoms with Crippen LogP contribution in [0.2, 0.25) is 0 Å². The number of nitrogens with one attached hydrogen (secondary N) is 2. The number of anilines is 2. The Labute approximate surface area is 435 Å². The van der Waals surface area contributed by atoms with Gasteiger partial charge in [-0.1, -0.05) is 22.4 Å². The first-order valence-corrected chi connectivity index (χ1v) is 24.7. The Morgan fingerprint density at radius 1 is 0.581 bits per heavy atom. The second-order valence-electron chi connectivity index (χ2n) is 15.1. The molecule has 0 radical (unpaired) electrons. The second kappa shape index (κ2) is 23.9. The minimum absolute atomic E-state index is 0. The molecule has 0 aliphatic rings. The van der Waals surface area contributed by atoms with E-state index < -0.39 is 42.8 Å². The largest absolute Gasteiger partial charge is 0.495 e. The Balaban J connectivity index is 0.000000209. The van der Waals surface area contributed by atoms with Gasteiger partial charge in [0, 0.05) is 70.8 Å². The van der Waals surface area contributed by atoms with Crippen molar-refractivity contribution in [2.75, 3.05) is 23.7 Å². The number of benzene rings is 4. The zero-order chi connectivity index (χ0) is 51.2. The van der Waals surface area contributed by atoms with Crippen molar-refractivity contribution in [3.05, 3.63) is 201 Å². The fourth-order valence-electron chi connectivity index (χ4n) is 7.11. The van der Waals surface area contributed by atoms with Crippen LogP contribution >= 0.6 is 35.7 Å². The molecular weight excluding hydrogens is 1100 g/mol. The first-order chi connectivity index (χ1) is 34.6. The lowest BCUT2D eigenvalue weighted by Crippen LogP contribution is -2.19. The van der Waals surface area contributed by atoms with E-state index in [2.05, 4.69) is 54.7 Å². The van der Waals surface area contributed by atoms with Crippen LogP contribution in [-0.4, -0.2) is 60.5 Å². The fraction of sp³-hybridized carbons (Fsp3) is 0.0612. The zero-order valence-corrected chi connectivity index (χ0v) is 45.2. The predicted octanol–water partition coefficient (Wildman–Crippen LogP) is 9.19. The van der Waals surface area contributed by atoms with E-state index in [0.29, 0.717) is 27.5 Å². The summed E-state index contributed by atoms with van der Waals surface area (Å²) in [7, 11) is -5.09. The van der Waals surface area contributed by atoms with Crippen LogP contribution in [0.3, 0.4) is 0 Å². The van der Waals surface area contributed by atoms with Crippen molar-refractivity contribution < 1.29 is 44.1 Å². The van der Waals surface area contributed by atoms with E-state index in [4.69, 9.17) is 9.47 Å². The highest BCUT2D eigenvalue weighted by molar-refractivity contribution is 9.10. The molecule has 2 atom stereocenters. The summed E-state index contributed by atoms with van der Waals surface area (Å²) >= 11 is 3.09. The first kappa shape index (κ1) is 55.6. The van der Waals surface area contributed by atoms with Crippen LogP contribution in [-0.2, 0) is 20.0 Å². The van der Waals surface area contributed by atoms with Gasteiger partial charge in [-0.25, -0.2) is 25.6 Å². The number of methoxy groups -OCH3 is 2. The molecule has 6 heterocycles. The number of sulfonamides is 2. The molecule has 0 amide bonds. The summed E-state index contributed by atoms with van der Waals surface area (Å²) in [5, 5.41) is 7.95. The minimum atomic E-state index is -3.97. The molecule has 18 nitrogen and oxygen atoms in total. The van der Waals surface area contributed by atoms with Gasteiger partial charge in [-0.2, -0.15) is 19.8 Å². The van der Waals surface area contributed by atoms with Gasteiger partial charge in [0.2, 0.25) is 0 Å². The molecule has 0 fully saturated rings. The van der Waals surface area contributed by atoms with Gasteiger partial charge < -0.3 is 18.5 Å². The van der Waals surface area contributed by atoms with Crippen molar-refractivity contribution in [1.29, 1.82) is 0 Å². The monoisotopic (exact) mass is 1150 g/mol. The third kappa shape index (κ3) is 12.4. The average Bonchev–Trinajstić information content (AvgIpc) is 4.10. The molecule has 382 valence electrons. The van der Waals surface area contributed by atoms with Gasteiger partial charge in [0.25, 0.3) is 31.2 Å². The van der Waals surface area contributed by atoms with Crippen LogP contribution < -0.4 is 30.0 Å². The highest BCUT2D eigenvalue weighted by atomic mass is 79.9. The maximum Gasteiger partial charge on any atom is 0.263 e. The van der Waals surface area contributed by atoms with Crippen molar-refractivity contribution in [1.82, 2.24) is 29.4 Å². The molecule has 2 N–H and O–H groups in total. The Hall–Kier alpha value is -7.68. The van der Waals surface area contributed by atoms with Gasteiger partial charge in [0.1, 0.15) is 35.7 Å². The summed E-state index contributed by atoms with van der Waals surface area (Å²) in [4.78, 5) is 33.6. The predicted molar refractivity (Wildman–Crippen MR) is 289 cm³/mol. The summed E-state index contributed by atoms with van der Waals surface area (Å²) in [5.74, 6) is -0.600. The Morgan fingerprint density at radius 3 is 1.49 bits per heavy atom. The van der Waals surface area contributed by atoms with E-state index in [-0.39, 0.29) is 74.1 Å². The third-order valence-electron chi connectivity index (χ3n) is 10.4. The van der Waals surface area contributed by atoms with Crippen LogP contribution in [0.5, 0.6) is 11.5 Å². The van der Waals surface area contributed by atoms with Crippen molar-refractivity contribution in [3.8, 4) is 34.1 Å². The van der Waals surface area contributed by atoms with Gasteiger partial charge >= 0.3 is 0 Å². The molecule has 25 heteroatoms. The molecule has 74 heavy (non-hydrogen) atoms. The van der Waals surface area contributed by atoms with E-state index in [1.165, 1.54) is 133 Å². The molecule has 0 aliphatic heterocycles. The summed E-state index contributed by atoms with van der Waals surface area (Å²) in [6.45, 7) is 1.97. The molecule has 6 aromatic heterocycles. The molecule has 2 unspecified atom stereocenters. The van der Waals surface area contributed by atoms with Crippen LogP contribution in [0.1, 0.15) is 5.69 Å². The quantitative estimate of drug-likeness (QED) is 0.115. The van der Waals surface area contributed by atoms with Crippen molar-refractivity contribution in [2.45, 2.75) is 16.7 Å². The number of hydrogen-bond donors (Lipinski definition) is 2. The van der Waals surface area contributed by atoms with E-state index in [9.17, 15) is 30.8 Å². The van der Waals surface area contributed by atoms with Crippen molar-refractivity contribution in [3.63, 3.8) is 0 Å². The summed E-state index contributed by atoms with van der Waals surface area (Å²) < 4.78 is 107. The third-order valence-corrected chi connectivity index (χ3v) is 13.7. The van der Waals surface area contributed by atoms with E-state index in [1.54, 1.807) is 30.6 Å². The number of fused-ring (bicyclic) bond motifs is 2. The number of aromatic nitrogens is 6. The standard InChI is InChI=1S/C24H17FN4O5S.C19H13BrFN3O5S.C6H7N.2H3P/c1-33-22-13-17(19-4-2-3-10-26-19)18(25)14-21(22)29-20-7-6-16(12-15(20)5-8-24(29)30)35(31,32)28-23-9-11-34-27-23;1-28-17-9-13(20)14(21)10-16(17)24-15-4-3-12(8-11(15)2-5-19(24)25)30(26,27)23-18-6-7-29-22-18;1-6-4-2-3-5-7-6;;/h2-14H,1H3,(H,27,28);2-10H,1H3,(H,22,23);2-5H,1H3;2*1H3. The molecule has 0 bridgehead atoms. The number of aryl methyl sites for hydroxylation is 1. The van der Waals surface area contributed by atoms with E-state index in [0.717, 1.165) is 5.69 Å². The number of halogens is 3. The number of pyridine rings is 4. The topological polar surface area (TPSA) is 233 Å². The van der Waals surface area contributed by atoms with Crippen molar-refractivity contribution in [2.24, 2.45) is 0 Å². The van der Waals surface area contributed by atoms with E-state index >= 15 is 4.39 Å². The Kier molecular flexibility index (Phi) is 18.0. The Morgan fingerprint density at radius 2 is 1.07 bits per heavy atom. The van der Waals surface area contributed by atoms with Gasteiger partial charge in [-0.3, -0.25) is 38.1 Å². The maximum absolute atomic E-state index is 15.2. The highest BCUT2D eigenvalue weighted by Crippen LogP contribution is 2.34. The van der Waals surface area contributed by atoms with E-state index in [1.807, 2.05) is 25.1 Å². The molecule has 0 aliphatic carbocycles. The van der Waals surface area contributed by atoms with Crippen LogP contribution in [0, 0.1) is 18.6 Å². The van der Waals surface area contributed by atoms with Crippen molar-refractivity contribution >= 4 is 89.2 Å². The smallest absolute Gasteiger partial charge is 0.263 e. The number of ether oxygens (including phenoxy) is 2. The zero-order valence-electron chi connectivity index (χ0n) is 39.1. The molecule has 0 spiro atoms. The molecule has 10 rings (SSSR count). The highest BCUT2D eigenvalue weighted by Gasteiger charge is 2.22. The average molecular weight is 1150 g/mol. The molecule has 0 saturated heterocycles. The second-order valence-corrected chi connectivity index (χ2v) is 19.3. The fourth-order valence-corrected chi connectivity index (χ4v) is 9.48. The van der Waals surface area contributed by atoms with Gasteiger partial charge in [-0.05, 0) is 108 Å². The van der Waals surface area contributed by atoms with Gasteiger partial charge in [0.05, 0.1) is 56.6 Å². The maximum atomic E-state index is 15.2. The molecule has 4 aromatic carbocycles. The summed E-state index contributed by atoms with van der Waals surface area (Å²) in [6.07, 6.45) is 5.81. The lowest BCUT2D eigenvalue weighted by molar-refractivity contribution is 0.411. The Bertz CT molecular complexity index is 3940. The number of nitrogens with zero attached hydrogens (tertiary/aromatic N) is 6. The summed E-state index contributed by atoms with van der Waals surface area (Å²) in [6, 6.07) is 32.9. The number of rotatable bonds is 11. The van der Waals surface area contributed by atoms with Crippen LogP contribution in [0.4, 0.5) is 20.4 Å². The summed E-state index contributed by atoms with van der Waals surface area (Å²) in [5.41, 5.74) is 1.91. The first-order valence-electron chi connectivity index (χ1n) is 21.0. The molecular formula is C49H43BrF2N8O10P2S2. The van der Waals surface area contributed by atoms with Crippen LogP contribution in [0.15, 0.2) is 191 Å². The number of hydrogen-bond acceptors (Lipinski definition) is 14. The minimum Gasteiger partial charge on any atom is -0.495 e. The molecule has 0 saturated carbocycles. The lowest BCUT2D eigenvalue weighted by atomic mass is 10.1. The SMILES string of the molecule is COc1cc(-c2ccccn2)c(F)cc1-n1c(=O)ccc2cc(S(=O)(=O)Nc3ccon3)ccc21.COc1cc(Br)c(F)cc1-n1c(=O)ccc2cc(S(=O)(=O)Nc3ccon3)ccc21.Cc1ccccn1.P.P. The van der Waals surface area contributed by atoms with Gasteiger partial charge in [0.15, 0.2) is 11.6 Å². The lowest BCUT2D eigenvalue weighted by Gasteiger charge is -2.16. The molecule has 10 aromatic rings.